The van der Waals surface area contributed by atoms with E-state index in [1.807, 2.05) is 0 Å². The van der Waals surface area contributed by atoms with Gasteiger partial charge in [-0.05, 0) is 12.1 Å². The standard InChI is InChI=1S/C13H14N2O5/c16-8-9(17)3-1-5-15-7-10(11-4-2-6-20-11)12(18)14-13(15)19/h1-4,6-7,9,16-17H,5,8H2,(H,14,18,19)/b3-1+. The van der Waals surface area contributed by atoms with Gasteiger partial charge in [0.25, 0.3) is 5.56 Å². The van der Waals surface area contributed by atoms with E-state index in [0.29, 0.717) is 5.76 Å². The average molecular weight is 278 g/mol. The number of aliphatic hydroxyl groups is 2. The van der Waals surface area contributed by atoms with E-state index >= 15 is 0 Å². The highest BCUT2D eigenvalue weighted by molar-refractivity contribution is 5.54. The zero-order valence-corrected chi connectivity index (χ0v) is 10.5. The lowest BCUT2D eigenvalue weighted by Crippen LogP contribution is -2.30. The van der Waals surface area contributed by atoms with Gasteiger partial charge < -0.3 is 14.6 Å². The SMILES string of the molecule is O=c1[nH]c(=O)n(C/C=C/C(O)CO)cc1-c1ccco1. The molecule has 1 unspecified atom stereocenters. The van der Waals surface area contributed by atoms with Gasteiger partial charge in [-0.2, -0.15) is 0 Å². The molecule has 0 aliphatic carbocycles. The van der Waals surface area contributed by atoms with E-state index < -0.39 is 24.0 Å². The summed E-state index contributed by atoms with van der Waals surface area (Å²) in [5.41, 5.74) is -0.847. The molecule has 3 N–H and O–H groups in total. The van der Waals surface area contributed by atoms with Crippen molar-refractivity contribution in [3.8, 4) is 11.3 Å². The first kappa shape index (κ1) is 14.0. The molecule has 2 aromatic rings. The fourth-order valence-electron chi connectivity index (χ4n) is 1.64. The van der Waals surface area contributed by atoms with Crippen LogP contribution in [0.4, 0.5) is 0 Å². The Kier molecular flexibility index (Phi) is 4.34. The summed E-state index contributed by atoms with van der Waals surface area (Å²) in [7, 11) is 0. The van der Waals surface area contributed by atoms with Gasteiger partial charge in [0, 0.05) is 12.7 Å². The van der Waals surface area contributed by atoms with Gasteiger partial charge in [0.05, 0.1) is 24.5 Å². The molecule has 20 heavy (non-hydrogen) atoms. The predicted octanol–water partition coefficient (Wildman–Crippen LogP) is -0.294. The zero-order valence-electron chi connectivity index (χ0n) is 10.5. The van der Waals surface area contributed by atoms with Gasteiger partial charge in [0.2, 0.25) is 0 Å². The molecule has 2 aromatic heterocycles. The summed E-state index contributed by atoms with van der Waals surface area (Å²) in [6.07, 6.45) is 4.73. The van der Waals surface area contributed by atoms with Gasteiger partial charge >= 0.3 is 5.69 Å². The van der Waals surface area contributed by atoms with Crippen molar-refractivity contribution in [3.05, 3.63) is 57.6 Å². The van der Waals surface area contributed by atoms with Crippen molar-refractivity contribution in [1.82, 2.24) is 9.55 Å². The topological polar surface area (TPSA) is 108 Å². The first-order chi connectivity index (χ1) is 9.61. The lowest BCUT2D eigenvalue weighted by Gasteiger charge is -2.04. The molecule has 106 valence electrons. The zero-order chi connectivity index (χ0) is 14.5. The molecule has 0 radical (unpaired) electrons. The minimum atomic E-state index is -0.974. The third-order valence-corrected chi connectivity index (χ3v) is 2.64. The Labute approximate surface area is 113 Å². The molecule has 0 saturated carbocycles. The maximum absolute atomic E-state index is 11.7. The lowest BCUT2D eigenvalue weighted by molar-refractivity contribution is 0.131. The van der Waals surface area contributed by atoms with Crippen molar-refractivity contribution >= 4 is 0 Å². The van der Waals surface area contributed by atoms with Crippen molar-refractivity contribution < 1.29 is 14.6 Å². The lowest BCUT2D eigenvalue weighted by atomic mass is 10.2. The molecule has 0 aromatic carbocycles. The van der Waals surface area contributed by atoms with Crippen molar-refractivity contribution in [2.24, 2.45) is 0 Å². The fraction of sp³-hybridized carbons (Fsp3) is 0.231. The second-order valence-electron chi connectivity index (χ2n) is 4.11. The summed E-state index contributed by atoms with van der Waals surface area (Å²) >= 11 is 0. The van der Waals surface area contributed by atoms with Crippen molar-refractivity contribution in [2.45, 2.75) is 12.6 Å². The second-order valence-corrected chi connectivity index (χ2v) is 4.11. The Hall–Kier alpha value is -2.38. The number of furan rings is 1. The highest BCUT2D eigenvalue weighted by Gasteiger charge is 2.08. The third-order valence-electron chi connectivity index (χ3n) is 2.64. The number of hydrogen-bond donors (Lipinski definition) is 3. The second kappa shape index (κ2) is 6.18. The number of aromatic nitrogens is 2. The monoisotopic (exact) mass is 278 g/mol. The molecular formula is C13H14N2O5. The van der Waals surface area contributed by atoms with Gasteiger partial charge in [-0.1, -0.05) is 12.2 Å². The number of aliphatic hydroxyl groups excluding tert-OH is 2. The van der Waals surface area contributed by atoms with Gasteiger partial charge in [0.15, 0.2) is 0 Å². The van der Waals surface area contributed by atoms with E-state index in [0.717, 1.165) is 0 Å². The van der Waals surface area contributed by atoms with Crippen LogP contribution in [-0.2, 0) is 6.54 Å². The molecule has 0 saturated heterocycles. The maximum atomic E-state index is 11.7. The number of allylic oxidation sites excluding steroid dienone is 1. The molecule has 0 fully saturated rings. The average Bonchev–Trinajstić information content (AvgIpc) is 2.94. The Balaban J connectivity index is 2.30. The van der Waals surface area contributed by atoms with Gasteiger partial charge in [-0.15, -0.1) is 0 Å². The number of rotatable bonds is 5. The molecule has 0 aliphatic rings. The van der Waals surface area contributed by atoms with Crippen LogP contribution in [-0.4, -0.2) is 32.5 Å². The summed E-state index contributed by atoms with van der Waals surface area (Å²) in [6.45, 7) is -0.241. The number of hydrogen-bond acceptors (Lipinski definition) is 5. The Morgan fingerprint density at radius 3 is 2.90 bits per heavy atom. The van der Waals surface area contributed by atoms with Crippen LogP contribution in [0, 0.1) is 0 Å². The van der Waals surface area contributed by atoms with Crippen molar-refractivity contribution in [3.63, 3.8) is 0 Å². The molecule has 7 heteroatoms. The van der Waals surface area contributed by atoms with E-state index in [9.17, 15) is 9.59 Å². The minimum Gasteiger partial charge on any atom is -0.464 e. The van der Waals surface area contributed by atoms with Crippen LogP contribution in [0.2, 0.25) is 0 Å². The fourth-order valence-corrected chi connectivity index (χ4v) is 1.64. The van der Waals surface area contributed by atoms with Crippen LogP contribution in [0.1, 0.15) is 0 Å². The molecule has 2 heterocycles. The van der Waals surface area contributed by atoms with Crippen LogP contribution in [0.25, 0.3) is 11.3 Å². The van der Waals surface area contributed by atoms with E-state index in [4.69, 9.17) is 14.6 Å². The van der Waals surface area contributed by atoms with Crippen LogP contribution in [0.15, 0.2) is 50.8 Å². The molecule has 0 aliphatic heterocycles. The molecule has 0 amide bonds. The van der Waals surface area contributed by atoms with E-state index in [-0.39, 0.29) is 12.1 Å². The summed E-state index contributed by atoms with van der Waals surface area (Å²) in [4.78, 5) is 25.5. The highest BCUT2D eigenvalue weighted by atomic mass is 16.3. The van der Waals surface area contributed by atoms with Crippen LogP contribution in [0.5, 0.6) is 0 Å². The Morgan fingerprint density at radius 2 is 2.25 bits per heavy atom. The van der Waals surface area contributed by atoms with E-state index in [1.54, 1.807) is 12.1 Å². The largest absolute Gasteiger partial charge is 0.464 e. The number of nitrogens with zero attached hydrogens (tertiary/aromatic N) is 1. The maximum Gasteiger partial charge on any atom is 0.328 e. The first-order valence-corrected chi connectivity index (χ1v) is 5.95. The molecular weight excluding hydrogens is 264 g/mol. The molecule has 0 bridgehead atoms. The highest BCUT2D eigenvalue weighted by Crippen LogP contribution is 2.13. The smallest absolute Gasteiger partial charge is 0.328 e. The quantitative estimate of drug-likeness (QED) is 0.651. The van der Waals surface area contributed by atoms with Gasteiger partial charge in [0.1, 0.15) is 5.76 Å². The summed E-state index contributed by atoms with van der Waals surface area (Å²) in [5.74, 6) is 0.361. The van der Waals surface area contributed by atoms with E-state index in [2.05, 4.69) is 4.98 Å². The van der Waals surface area contributed by atoms with Gasteiger partial charge in [-0.3, -0.25) is 14.3 Å². The number of H-pyrrole nitrogens is 1. The van der Waals surface area contributed by atoms with Crippen molar-refractivity contribution in [1.29, 1.82) is 0 Å². The third kappa shape index (κ3) is 3.14. The van der Waals surface area contributed by atoms with Gasteiger partial charge in [-0.25, -0.2) is 4.79 Å². The normalized spacial score (nSPS) is 12.9. The minimum absolute atomic E-state index is 0.153. The van der Waals surface area contributed by atoms with Crippen LogP contribution in [0.3, 0.4) is 0 Å². The number of aromatic amines is 1. The van der Waals surface area contributed by atoms with Crippen LogP contribution < -0.4 is 11.2 Å². The predicted molar refractivity (Wildman–Crippen MR) is 71.3 cm³/mol. The Bertz CT molecular complexity index is 696. The first-order valence-electron chi connectivity index (χ1n) is 5.95. The molecule has 2 rings (SSSR count). The summed E-state index contributed by atoms with van der Waals surface area (Å²) < 4.78 is 6.39. The summed E-state index contributed by atoms with van der Waals surface area (Å²) in [5, 5.41) is 17.8. The van der Waals surface area contributed by atoms with Crippen LogP contribution >= 0.6 is 0 Å². The molecule has 0 spiro atoms. The van der Waals surface area contributed by atoms with Crippen molar-refractivity contribution in [2.75, 3.05) is 6.61 Å². The summed E-state index contributed by atoms with van der Waals surface area (Å²) in [6, 6.07) is 3.26. The molecule has 7 nitrogen and oxygen atoms in total. The molecule has 1 atom stereocenters. The Morgan fingerprint density at radius 1 is 1.45 bits per heavy atom. The number of nitrogens with one attached hydrogen (secondary N) is 1. The van der Waals surface area contributed by atoms with E-state index in [1.165, 1.54) is 29.2 Å².